The van der Waals surface area contributed by atoms with Crippen molar-refractivity contribution >= 4 is 21.7 Å². The van der Waals surface area contributed by atoms with Gasteiger partial charge in [-0.1, -0.05) is 6.92 Å². The van der Waals surface area contributed by atoms with Gasteiger partial charge in [-0.05, 0) is 22.4 Å². The van der Waals surface area contributed by atoms with Crippen LogP contribution in [0.25, 0.3) is 0 Å². The van der Waals surface area contributed by atoms with Crippen LogP contribution in [-0.4, -0.2) is 46.0 Å². The zero-order chi connectivity index (χ0) is 14.2. The van der Waals surface area contributed by atoms with Gasteiger partial charge in [-0.3, -0.25) is 14.4 Å². The Morgan fingerprint density at radius 1 is 1.47 bits per heavy atom. The van der Waals surface area contributed by atoms with Crippen LogP contribution in [0.15, 0.2) is 4.47 Å². The highest BCUT2D eigenvalue weighted by Gasteiger charge is 2.43. The maximum atomic E-state index is 12.7. The van der Waals surface area contributed by atoms with Crippen LogP contribution in [0.3, 0.4) is 0 Å². The van der Waals surface area contributed by atoms with E-state index < -0.39 is 5.92 Å². The molecule has 0 N–H and O–H groups in total. The molecule has 1 aliphatic heterocycles. The number of aryl methyl sites for hydroxylation is 1. The number of hydrogen-bond donors (Lipinski definition) is 0. The van der Waals surface area contributed by atoms with Crippen molar-refractivity contribution in [3.05, 3.63) is 15.9 Å². The second kappa shape index (κ2) is 5.28. The minimum Gasteiger partial charge on any atom is -0.292 e. The highest BCUT2D eigenvalue weighted by atomic mass is 79.9. The molecule has 2 rings (SSSR count). The van der Waals surface area contributed by atoms with Crippen LogP contribution in [0.4, 0.5) is 8.78 Å². The summed E-state index contributed by atoms with van der Waals surface area (Å²) in [5.74, 6) is -2.69. The molecule has 1 fully saturated rings. The van der Waals surface area contributed by atoms with Gasteiger partial charge >= 0.3 is 0 Å². The van der Waals surface area contributed by atoms with Crippen molar-refractivity contribution in [3.63, 3.8) is 0 Å². The van der Waals surface area contributed by atoms with Gasteiger partial charge in [0.15, 0.2) is 5.78 Å². The lowest BCUT2D eigenvalue weighted by Gasteiger charge is -2.38. The Bertz CT molecular complexity index is 493. The molecular formula is C12H16BrF2N3O. The number of Topliss-reactive ketones (excluding diaryl/α,β-unsaturated/α-hetero) is 1. The number of halogens is 3. The monoisotopic (exact) mass is 335 g/mol. The fourth-order valence-electron chi connectivity index (χ4n) is 2.24. The van der Waals surface area contributed by atoms with Crippen molar-refractivity contribution in [2.24, 2.45) is 7.05 Å². The highest BCUT2D eigenvalue weighted by Crippen LogP contribution is 2.27. The molecule has 0 radical (unpaired) electrons. The van der Waals surface area contributed by atoms with E-state index in [0.717, 1.165) is 16.6 Å². The van der Waals surface area contributed by atoms with E-state index in [4.69, 9.17) is 0 Å². The molecule has 0 bridgehead atoms. The van der Waals surface area contributed by atoms with E-state index in [1.165, 1.54) is 0 Å². The number of nitrogens with zero attached hydrogens (tertiary/aromatic N) is 3. The lowest BCUT2D eigenvalue weighted by atomic mass is 10.1. The number of carbonyl (C=O) groups excluding carboxylic acids is 1. The molecule has 0 unspecified atom stereocenters. The first kappa shape index (κ1) is 14.6. The molecule has 0 saturated carbocycles. The summed E-state index contributed by atoms with van der Waals surface area (Å²) in [5, 5.41) is 4.18. The predicted molar refractivity (Wildman–Crippen MR) is 70.6 cm³/mol. The van der Waals surface area contributed by atoms with Gasteiger partial charge in [0.2, 0.25) is 0 Å². The minimum atomic E-state index is -2.58. The van der Waals surface area contributed by atoms with Crippen molar-refractivity contribution in [2.75, 3.05) is 19.6 Å². The Balaban J connectivity index is 1.94. The van der Waals surface area contributed by atoms with Crippen molar-refractivity contribution in [3.8, 4) is 0 Å². The molecule has 4 nitrogen and oxygen atoms in total. The Labute approximate surface area is 118 Å². The molecular weight excluding hydrogens is 320 g/mol. The normalized spacial score (nSPS) is 18.4. The molecule has 2 heterocycles. The summed E-state index contributed by atoms with van der Waals surface area (Å²) in [7, 11) is 1.79. The SMILES string of the molecule is CCc1c(Br)c(C(=O)CCN2CC(F)(F)C2)nn1C. The maximum Gasteiger partial charge on any atom is 0.272 e. The summed E-state index contributed by atoms with van der Waals surface area (Å²) in [6.45, 7) is 1.85. The number of aromatic nitrogens is 2. The molecule has 0 aromatic carbocycles. The van der Waals surface area contributed by atoms with Crippen molar-refractivity contribution in [2.45, 2.75) is 25.7 Å². The Kier molecular flexibility index (Phi) is 4.06. The second-order valence-electron chi connectivity index (χ2n) is 4.83. The van der Waals surface area contributed by atoms with E-state index in [1.54, 1.807) is 16.6 Å². The van der Waals surface area contributed by atoms with Gasteiger partial charge in [-0.25, -0.2) is 8.78 Å². The zero-order valence-corrected chi connectivity index (χ0v) is 12.5. The number of carbonyl (C=O) groups is 1. The van der Waals surface area contributed by atoms with E-state index in [2.05, 4.69) is 21.0 Å². The van der Waals surface area contributed by atoms with Crippen LogP contribution in [0, 0.1) is 0 Å². The number of alkyl halides is 2. The Hall–Kier alpha value is -0.820. The van der Waals surface area contributed by atoms with Gasteiger partial charge in [0.05, 0.1) is 23.3 Å². The maximum absolute atomic E-state index is 12.7. The van der Waals surface area contributed by atoms with Crippen molar-refractivity contribution in [1.82, 2.24) is 14.7 Å². The number of hydrogen-bond acceptors (Lipinski definition) is 3. The Morgan fingerprint density at radius 2 is 2.11 bits per heavy atom. The van der Waals surface area contributed by atoms with Crippen LogP contribution in [0.5, 0.6) is 0 Å². The summed E-state index contributed by atoms with van der Waals surface area (Å²) >= 11 is 3.38. The molecule has 106 valence electrons. The average Bonchev–Trinajstić information content (AvgIpc) is 2.58. The van der Waals surface area contributed by atoms with Crippen LogP contribution in [0.1, 0.15) is 29.5 Å². The van der Waals surface area contributed by atoms with Crippen molar-refractivity contribution < 1.29 is 13.6 Å². The molecule has 0 atom stereocenters. The van der Waals surface area contributed by atoms with Crippen LogP contribution < -0.4 is 0 Å². The van der Waals surface area contributed by atoms with Gasteiger partial charge in [-0.2, -0.15) is 5.10 Å². The number of likely N-dealkylation sites (tertiary alicyclic amines) is 1. The second-order valence-corrected chi connectivity index (χ2v) is 5.62. The number of ketones is 1. The Morgan fingerprint density at radius 3 is 2.58 bits per heavy atom. The topological polar surface area (TPSA) is 38.1 Å². The molecule has 0 aliphatic carbocycles. The summed E-state index contributed by atoms with van der Waals surface area (Å²) in [6.07, 6.45) is 0.991. The summed E-state index contributed by atoms with van der Waals surface area (Å²) in [4.78, 5) is 13.6. The lowest BCUT2D eigenvalue weighted by molar-refractivity contribution is -0.129. The smallest absolute Gasteiger partial charge is 0.272 e. The third-order valence-electron chi connectivity index (χ3n) is 3.27. The van der Waals surface area contributed by atoms with Crippen molar-refractivity contribution in [1.29, 1.82) is 0 Å². The van der Waals surface area contributed by atoms with Gasteiger partial charge in [0, 0.05) is 20.0 Å². The molecule has 19 heavy (non-hydrogen) atoms. The molecule has 1 saturated heterocycles. The molecule has 1 aliphatic rings. The van der Waals surface area contributed by atoms with Gasteiger partial charge in [0.25, 0.3) is 5.92 Å². The fraction of sp³-hybridized carbons (Fsp3) is 0.667. The first-order chi connectivity index (χ1) is 8.84. The van der Waals surface area contributed by atoms with Crippen LogP contribution in [0.2, 0.25) is 0 Å². The van der Waals surface area contributed by atoms with E-state index in [9.17, 15) is 13.6 Å². The summed E-state index contributed by atoms with van der Waals surface area (Å²) < 4.78 is 27.7. The van der Waals surface area contributed by atoms with Gasteiger partial charge in [0.1, 0.15) is 5.69 Å². The molecule has 0 spiro atoms. The molecule has 7 heteroatoms. The lowest BCUT2D eigenvalue weighted by Crippen LogP contribution is -2.56. The molecule has 0 amide bonds. The van der Waals surface area contributed by atoms with Gasteiger partial charge in [-0.15, -0.1) is 0 Å². The van der Waals surface area contributed by atoms with E-state index >= 15 is 0 Å². The first-order valence-corrected chi connectivity index (χ1v) is 6.98. The van der Waals surface area contributed by atoms with E-state index in [0.29, 0.717) is 12.2 Å². The summed E-state index contributed by atoms with van der Waals surface area (Å²) in [5.41, 5.74) is 1.35. The third kappa shape index (κ3) is 3.02. The highest BCUT2D eigenvalue weighted by molar-refractivity contribution is 9.10. The summed E-state index contributed by atoms with van der Waals surface area (Å²) in [6, 6.07) is 0. The largest absolute Gasteiger partial charge is 0.292 e. The van der Waals surface area contributed by atoms with Crippen LogP contribution >= 0.6 is 15.9 Å². The average molecular weight is 336 g/mol. The minimum absolute atomic E-state index is 0.114. The number of rotatable bonds is 5. The first-order valence-electron chi connectivity index (χ1n) is 6.19. The molecule has 1 aromatic rings. The van der Waals surface area contributed by atoms with E-state index in [1.807, 2.05) is 6.92 Å². The van der Waals surface area contributed by atoms with Gasteiger partial charge < -0.3 is 0 Å². The molecule has 1 aromatic heterocycles. The predicted octanol–water partition coefficient (Wildman–Crippen LogP) is 2.27. The zero-order valence-electron chi connectivity index (χ0n) is 10.9. The van der Waals surface area contributed by atoms with E-state index in [-0.39, 0.29) is 25.3 Å². The fourth-order valence-corrected chi connectivity index (χ4v) is 3.08. The van der Waals surface area contributed by atoms with Crippen LogP contribution in [-0.2, 0) is 13.5 Å². The standard InChI is InChI=1S/C12H16BrF2N3O/c1-3-8-10(13)11(16-17(8)2)9(19)4-5-18-6-12(14,15)7-18/h3-7H2,1-2H3. The quantitative estimate of drug-likeness (QED) is 0.775. The third-order valence-corrected chi connectivity index (χ3v) is 4.10.